The number of carbonyl (C=O) groups excluding carboxylic acids is 1. The number of carbonyl (C=O) groups is 1. The van der Waals surface area contributed by atoms with Crippen LogP contribution in [0.15, 0.2) is 48.5 Å². The predicted octanol–water partition coefficient (Wildman–Crippen LogP) is 4.64. The fourth-order valence-electron chi connectivity index (χ4n) is 4.40. The molecular formula is C25H24ClFN6O2. The number of nitrogen functional groups attached to an aromatic ring is 1. The summed E-state index contributed by atoms with van der Waals surface area (Å²) in [7, 11) is 0. The van der Waals surface area contributed by atoms with Gasteiger partial charge in [0.1, 0.15) is 11.6 Å². The average Bonchev–Trinajstić information content (AvgIpc) is 3.20. The minimum absolute atomic E-state index is 0.215. The molecule has 8 nitrogen and oxygen atoms in total. The molecule has 1 aliphatic rings. The first-order chi connectivity index (χ1) is 16.9. The highest BCUT2D eigenvalue weighted by molar-refractivity contribution is 6.30. The van der Waals surface area contributed by atoms with Crippen LogP contribution < -0.4 is 10.6 Å². The molecule has 2 aromatic carbocycles. The molecule has 1 aliphatic heterocycles. The Labute approximate surface area is 206 Å². The average molecular weight is 495 g/mol. The summed E-state index contributed by atoms with van der Waals surface area (Å²) in [6, 6.07) is 13.3. The quantitative estimate of drug-likeness (QED) is 0.403. The Balaban J connectivity index is 1.65. The number of esters is 1. The Hall–Kier alpha value is -3.72. The van der Waals surface area contributed by atoms with Gasteiger partial charge in [-0.3, -0.25) is 4.79 Å². The number of aromatic nitrogens is 4. The second-order valence-corrected chi connectivity index (χ2v) is 8.83. The van der Waals surface area contributed by atoms with Crippen LogP contribution >= 0.6 is 11.6 Å². The van der Waals surface area contributed by atoms with E-state index in [1.54, 1.807) is 31.2 Å². The molecule has 3 heterocycles. The second kappa shape index (κ2) is 9.50. The first-order valence-corrected chi connectivity index (χ1v) is 11.8. The van der Waals surface area contributed by atoms with Crippen molar-refractivity contribution in [3.8, 4) is 16.9 Å². The maximum absolute atomic E-state index is 13.9. The number of piperidine rings is 1. The van der Waals surface area contributed by atoms with Gasteiger partial charge in [0.15, 0.2) is 5.65 Å². The summed E-state index contributed by atoms with van der Waals surface area (Å²) in [4.78, 5) is 23.9. The Morgan fingerprint density at radius 3 is 2.83 bits per heavy atom. The van der Waals surface area contributed by atoms with Crippen molar-refractivity contribution >= 4 is 40.4 Å². The number of halogens is 2. The zero-order valence-electron chi connectivity index (χ0n) is 19.1. The van der Waals surface area contributed by atoms with Crippen LogP contribution in [0.2, 0.25) is 5.02 Å². The van der Waals surface area contributed by atoms with E-state index in [2.05, 4.69) is 5.10 Å². The first kappa shape index (κ1) is 23.0. The highest BCUT2D eigenvalue weighted by Crippen LogP contribution is 2.35. The third kappa shape index (κ3) is 4.51. The van der Waals surface area contributed by atoms with E-state index in [4.69, 9.17) is 32.0 Å². The van der Waals surface area contributed by atoms with Crippen molar-refractivity contribution in [2.24, 2.45) is 5.92 Å². The molecule has 35 heavy (non-hydrogen) atoms. The van der Waals surface area contributed by atoms with E-state index in [0.29, 0.717) is 53.1 Å². The highest BCUT2D eigenvalue weighted by atomic mass is 35.5. The lowest BCUT2D eigenvalue weighted by Gasteiger charge is -2.31. The van der Waals surface area contributed by atoms with Crippen molar-refractivity contribution in [2.75, 3.05) is 30.3 Å². The van der Waals surface area contributed by atoms with Crippen LogP contribution in [-0.2, 0) is 9.53 Å². The van der Waals surface area contributed by atoms with Gasteiger partial charge < -0.3 is 15.4 Å². The van der Waals surface area contributed by atoms with Gasteiger partial charge in [-0.15, -0.1) is 5.10 Å². The zero-order valence-corrected chi connectivity index (χ0v) is 19.9. The number of rotatable bonds is 5. The van der Waals surface area contributed by atoms with Crippen molar-refractivity contribution in [3.05, 3.63) is 59.4 Å². The number of hydrogen-bond donors (Lipinski definition) is 1. The van der Waals surface area contributed by atoms with Crippen LogP contribution in [0.4, 0.5) is 16.2 Å². The van der Waals surface area contributed by atoms with Crippen LogP contribution in [0.25, 0.3) is 28.0 Å². The number of nitrogens with zero attached hydrogens (tertiary/aromatic N) is 5. The van der Waals surface area contributed by atoms with Gasteiger partial charge in [0, 0.05) is 23.7 Å². The largest absolute Gasteiger partial charge is 0.466 e. The predicted molar refractivity (Wildman–Crippen MR) is 133 cm³/mol. The summed E-state index contributed by atoms with van der Waals surface area (Å²) in [6.07, 6.45) is 1.55. The van der Waals surface area contributed by atoms with Crippen LogP contribution in [0.5, 0.6) is 0 Å². The zero-order chi connectivity index (χ0) is 24.5. The van der Waals surface area contributed by atoms with Gasteiger partial charge >= 0.3 is 5.97 Å². The topological polar surface area (TPSA) is 99.2 Å². The minimum Gasteiger partial charge on any atom is -0.466 e. The molecule has 10 heteroatoms. The van der Waals surface area contributed by atoms with E-state index in [-0.39, 0.29) is 17.7 Å². The number of nitrogens with two attached hydrogens (primary N) is 1. The molecule has 5 rings (SSSR count). The van der Waals surface area contributed by atoms with Gasteiger partial charge in [0.2, 0.25) is 5.95 Å². The lowest BCUT2D eigenvalue weighted by atomic mass is 9.98. The van der Waals surface area contributed by atoms with Crippen molar-refractivity contribution in [2.45, 2.75) is 19.8 Å². The summed E-state index contributed by atoms with van der Waals surface area (Å²) < 4.78 is 20.6. The standard InChI is InChI=1S/C25H24ClFN6O2/c1-2-35-24(34)16-7-5-11-32(14-16)25-29-21(15-6-3-8-17(26)12-15)20-22(28)33(31-23(20)30-25)19-10-4-9-18(27)13-19/h3-4,6,8-10,12-13,16H,2,5,7,11,14,28H2,1H3/t16-/m1/s1. The maximum Gasteiger partial charge on any atom is 0.310 e. The molecule has 4 aromatic rings. The molecule has 0 bridgehead atoms. The fraction of sp³-hybridized carbons (Fsp3) is 0.280. The molecule has 2 N–H and O–H groups in total. The summed E-state index contributed by atoms with van der Waals surface area (Å²) in [5.41, 5.74) is 8.66. The number of ether oxygens (including phenoxy) is 1. The van der Waals surface area contributed by atoms with E-state index in [1.807, 2.05) is 17.0 Å². The number of anilines is 2. The molecule has 0 spiro atoms. The van der Waals surface area contributed by atoms with E-state index in [0.717, 1.165) is 18.4 Å². The van der Waals surface area contributed by atoms with Crippen molar-refractivity contribution < 1.29 is 13.9 Å². The first-order valence-electron chi connectivity index (χ1n) is 11.4. The van der Waals surface area contributed by atoms with Crippen LogP contribution in [-0.4, -0.2) is 45.4 Å². The third-order valence-corrected chi connectivity index (χ3v) is 6.27. The number of benzene rings is 2. The number of fused-ring (bicyclic) bond motifs is 1. The molecule has 0 saturated carbocycles. The van der Waals surface area contributed by atoms with E-state index < -0.39 is 5.82 Å². The molecule has 0 radical (unpaired) electrons. The monoisotopic (exact) mass is 494 g/mol. The Kier molecular flexibility index (Phi) is 6.25. The Bertz CT molecular complexity index is 1410. The minimum atomic E-state index is -0.401. The van der Waals surface area contributed by atoms with Gasteiger partial charge in [-0.05, 0) is 50.1 Å². The normalized spacial score (nSPS) is 16.0. The van der Waals surface area contributed by atoms with Gasteiger partial charge in [-0.2, -0.15) is 4.98 Å². The Morgan fingerprint density at radius 1 is 1.23 bits per heavy atom. The summed E-state index contributed by atoms with van der Waals surface area (Å²) >= 11 is 6.28. The van der Waals surface area contributed by atoms with Crippen molar-refractivity contribution in [1.29, 1.82) is 0 Å². The molecular weight excluding hydrogens is 471 g/mol. The van der Waals surface area contributed by atoms with Gasteiger partial charge in [-0.25, -0.2) is 14.1 Å². The molecule has 2 aromatic heterocycles. The molecule has 1 fully saturated rings. The molecule has 1 atom stereocenters. The summed E-state index contributed by atoms with van der Waals surface area (Å²) in [5, 5.41) is 5.68. The van der Waals surface area contributed by atoms with Crippen LogP contribution in [0.3, 0.4) is 0 Å². The molecule has 1 saturated heterocycles. The lowest BCUT2D eigenvalue weighted by Crippen LogP contribution is -2.40. The number of hydrogen-bond acceptors (Lipinski definition) is 7. The third-order valence-electron chi connectivity index (χ3n) is 6.03. The van der Waals surface area contributed by atoms with Crippen molar-refractivity contribution in [3.63, 3.8) is 0 Å². The Morgan fingerprint density at radius 2 is 2.06 bits per heavy atom. The van der Waals surface area contributed by atoms with E-state index >= 15 is 0 Å². The summed E-state index contributed by atoms with van der Waals surface area (Å²) in [6.45, 7) is 3.27. The molecule has 0 aliphatic carbocycles. The molecule has 0 unspecified atom stereocenters. The fourth-order valence-corrected chi connectivity index (χ4v) is 4.59. The van der Waals surface area contributed by atoms with E-state index in [1.165, 1.54) is 16.8 Å². The van der Waals surface area contributed by atoms with Gasteiger partial charge in [0.25, 0.3) is 0 Å². The van der Waals surface area contributed by atoms with E-state index in [9.17, 15) is 9.18 Å². The molecule has 0 amide bonds. The SMILES string of the molecule is CCOC(=O)[C@@H]1CCCN(c2nc(-c3cccc(Cl)c3)c3c(N)n(-c4cccc(F)c4)nc3n2)C1. The lowest BCUT2D eigenvalue weighted by molar-refractivity contribution is -0.148. The second-order valence-electron chi connectivity index (χ2n) is 8.40. The van der Waals surface area contributed by atoms with Crippen molar-refractivity contribution in [1.82, 2.24) is 19.7 Å². The summed E-state index contributed by atoms with van der Waals surface area (Å²) in [5.74, 6) is -0.150. The highest BCUT2D eigenvalue weighted by Gasteiger charge is 2.29. The van der Waals surface area contributed by atoms with Crippen LogP contribution in [0.1, 0.15) is 19.8 Å². The molecule has 180 valence electrons. The smallest absolute Gasteiger partial charge is 0.310 e. The maximum atomic E-state index is 13.9. The van der Waals surface area contributed by atoms with Gasteiger partial charge in [-0.1, -0.05) is 29.8 Å². The van der Waals surface area contributed by atoms with Gasteiger partial charge in [0.05, 0.1) is 29.3 Å². The van der Waals surface area contributed by atoms with Crippen LogP contribution in [0, 0.1) is 11.7 Å².